The molecule has 4 heteroatoms. The first-order chi connectivity index (χ1) is 14.7. The van der Waals surface area contributed by atoms with E-state index in [0.717, 1.165) is 5.56 Å². The van der Waals surface area contributed by atoms with Crippen LogP contribution in [0.15, 0.2) is 121 Å². The molecule has 156 valence electrons. The summed E-state index contributed by atoms with van der Waals surface area (Å²) in [4.78, 5) is 12.4. The van der Waals surface area contributed by atoms with Crippen LogP contribution in [0.25, 0.3) is 0 Å². The molecule has 4 aromatic rings. The van der Waals surface area contributed by atoms with Gasteiger partial charge in [-0.05, 0) is 42.0 Å². The van der Waals surface area contributed by atoms with Crippen LogP contribution >= 0.6 is 7.26 Å². The van der Waals surface area contributed by atoms with E-state index in [2.05, 4.69) is 84.9 Å². The average Bonchev–Trinajstić information content (AvgIpc) is 2.81. The third kappa shape index (κ3) is 4.63. The van der Waals surface area contributed by atoms with Gasteiger partial charge in [-0.15, -0.1) is 0 Å². The van der Waals surface area contributed by atoms with Crippen LogP contribution in [0.2, 0.25) is 0 Å². The lowest BCUT2D eigenvalue weighted by Crippen LogP contribution is -3.00. The molecule has 0 aliphatic rings. The van der Waals surface area contributed by atoms with Crippen molar-refractivity contribution in [2.75, 3.05) is 0 Å². The molecule has 0 aromatic heterocycles. The van der Waals surface area contributed by atoms with E-state index < -0.39 is 7.26 Å². The van der Waals surface area contributed by atoms with E-state index in [1.165, 1.54) is 15.9 Å². The summed E-state index contributed by atoms with van der Waals surface area (Å²) in [7, 11) is -2.24. The van der Waals surface area contributed by atoms with Gasteiger partial charge in [0.25, 0.3) is 0 Å². The summed E-state index contributed by atoms with van der Waals surface area (Å²) in [5, 5.41) is 3.74. The molecule has 0 saturated heterocycles. The number of primary amides is 1. The van der Waals surface area contributed by atoms with Crippen LogP contribution in [-0.4, -0.2) is 5.91 Å². The number of hydrogen-bond donors (Lipinski definition) is 1. The fourth-order valence-corrected chi connectivity index (χ4v) is 9.30. The molecule has 0 saturated carbocycles. The number of hydrogen-bond acceptors (Lipinski definition) is 1. The Kier molecular flexibility index (Phi) is 7.79. The van der Waals surface area contributed by atoms with Gasteiger partial charge in [0, 0.05) is 0 Å². The SMILES string of the molecule is NC(=O)CC(c1ccccc1)[P+](c1ccccc1)(c1ccccc1)c1ccccc1.[Br-]. The highest BCUT2D eigenvalue weighted by atomic mass is 79.9. The standard InChI is InChI=1S/C27H24NOP.BrH/c28-27(29)21-26(22-13-5-1-6-14-22)30(23-15-7-2-8-16-23,24-17-9-3-10-18-24)25-19-11-4-12-20-25;/h1-20,26H,21H2,(H-,28,29);1H. The van der Waals surface area contributed by atoms with Gasteiger partial charge in [-0.3, -0.25) is 4.79 Å². The monoisotopic (exact) mass is 489 g/mol. The van der Waals surface area contributed by atoms with Crippen LogP contribution in [0.4, 0.5) is 0 Å². The van der Waals surface area contributed by atoms with E-state index in [1.807, 2.05) is 36.4 Å². The average molecular weight is 490 g/mol. The predicted molar refractivity (Wildman–Crippen MR) is 128 cm³/mol. The lowest BCUT2D eigenvalue weighted by atomic mass is 10.1. The molecule has 2 N–H and O–H groups in total. The first-order valence-corrected chi connectivity index (χ1v) is 12.0. The first-order valence-electron chi connectivity index (χ1n) is 10.1. The predicted octanol–water partition coefficient (Wildman–Crippen LogP) is 1.60. The van der Waals surface area contributed by atoms with Crippen molar-refractivity contribution in [3.05, 3.63) is 127 Å². The number of rotatable bonds is 7. The molecule has 0 fully saturated rings. The van der Waals surface area contributed by atoms with Gasteiger partial charge in [-0.1, -0.05) is 84.9 Å². The van der Waals surface area contributed by atoms with Crippen LogP contribution in [0, 0.1) is 0 Å². The van der Waals surface area contributed by atoms with Crippen LogP contribution in [0.3, 0.4) is 0 Å². The molecule has 1 unspecified atom stereocenters. The lowest BCUT2D eigenvalue weighted by molar-refractivity contribution is -0.118. The zero-order valence-corrected chi connectivity index (χ0v) is 19.6. The van der Waals surface area contributed by atoms with Gasteiger partial charge in [0.2, 0.25) is 5.91 Å². The van der Waals surface area contributed by atoms with Gasteiger partial charge in [0.15, 0.2) is 0 Å². The number of carbonyl (C=O) groups is 1. The summed E-state index contributed by atoms with van der Waals surface area (Å²) in [6.45, 7) is 0. The molecule has 1 atom stereocenters. The Morgan fingerprint density at radius 2 is 0.935 bits per heavy atom. The molecule has 4 aromatic carbocycles. The van der Waals surface area contributed by atoms with Crippen molar-refractivity contribution in [3.63, 3.8) is 0 Å². The molecule has 0 radical (unpaired) electrons. The summed E-state index contributed by atoms with van der Waals surface area (Å²) in [6, 6.07) is 42.2. The van der Waals surface area contributed by atoms with E-state index >= 15 is 0 Å². The molecule has 4 rings (SSSR count). The van der Waals surface area contributed by atoms with Crippen molar-refractivity contribution >= 4 is 29.1 Å². The van der Waals surface area contributed by atoms with Crippen LogP contribution in [0.5, 0.6) is 0 Å². The first kappa shape index (κ1) is 22.9. The van der Waals surface area contributed by atoms with Crippen molar-refractivity contribution in [1.82, 2.24) is 0 Å². The second-order valence-electron chi connectivity index (χ2n) is 7.33. The second-order valence-corrected chi connectivity index (χ2v) is 10.9. The Balaban J connectivity index is 0.00000272. The van der Waals surface area contributed by atoms with Crippen LogP contribution in [0.1, 0.15) is 17.6 Å². The largest absolute Gasteiger partial charge is 1.00 e. The fourth-order valence-electron chi connectivity index (χ4n) is 4.32. The van der Waals surface area contributed by atoms with Gasteiger partial charge in [-0.25, -0.2) is 0 Å². The van der Waals surface area contributed by atoms with E-state index in [-0.39, 0.29) is 35.0 Å². The minimum absolute atomic E-state index is 0. The maximum absolute atomic E-state index is 12.4. The van der Waals surface area contributed by atoms with E-state index in [4.69, 9.17) is 5.73 Å². The summed E-state index contributed by atoms with van der Waals surface area (Å²) < 4.78 is 0. The zero-order chi connectivity index (χ0) is 20.8. The Morgan fingerprint density at radius 3 is 1.26 bits per heavy atom. The smallest absolute Gasteiger partial charge is 0.221 e. The highest BCUT2D eigenvalue weighted by molar-refractivity contribution is 7.96. The Labute approximate surface area is 195 Å². The van der Waals surface area contributed by atoms with Gasteiger partial charge in [0.05, 0.1) is 6.42 Å². The third-order valence-corrected chi connectivity index (χ3v) is 10.3. The normalized spacial score (nSPS) is 11.9. The molecule has 31 heavy (non-hydrogen) atoms. The second kappa shape index (κ2) is 10.5. The zero-order valence-electron chi connectivity index (χ0n) is 17.1. The molecule has 0 aliphatic carbocycles. The van der Waals surface area contributed by atoms with Crippen LogP contribution < -0.4 is 38.6 Å². The maximum Gasteiger partial charge on any atom is 0.221 e. The number of amides is 1. The Bertz CT molecular complexity index is 992. The third-order valence-electron chi connectivity index (χ3n) is 5.54. The van der Waals surface area contributed by atoms with E-state index in [9.17, 15) is 4.79 Å². The van der Waals surface area contributed by atoms with Crippen LogP contribution in [-0.2, 0) is 4.79 Å². The Morgan fingerprint density at radius 1 is 0.613 bits per heavy atom. The molecule has 0 bridgehead atoms. The van der Waals surface area contributed by atoms with Crippen molar-refractivity contribution in [3.8, 4) is 0 Å². The summed E-state index contributed by atoms with van der Waals surface area (Å²) >= 11 is 0. The minimum atomic E-state index is -2.24. The number of nitrogens with two attached hydrogens (primary N) is 1. The van der Waals surface area contributed by atoms with Gasteiger partial charge in [0.1, 0.15) is 28.8 Å². The number of carbonyl (C=O) groups excluding carboxylic acids is 1. The fraction of sp³-hybridized carbons (Fsp3) is 0.0741. The summed E-state index contributed by atoms with van der Waals surface area (Å²) in [5.41, 5.74) is 6.93. The van der Waals surface area contributed by atoms with E-state index in [1.54, 1.807) is 0 Å². The number of benzene rings is 4. The topological polar surface area (TPSA) is 43.1 Å². The minimum Gasteiger partial charge on any atom is -1.00 e. The quantitative estimate of drug-likeness (QED) is 0.393. The molecule has 2 nitrogen and oxygen atoms in total. The number of halogens is 1. The molecule has 0 aliphatic heterocycles. The van der Waals surface area contributed by atoms with Gasteiger partial charge >= 0.3 is 0 Å². The summed E-state index contributed by atoms with van der Waals surface area (Å²) in [5.74, 6) is -0.281. The van der Waals surface area contributed by atoms with Crippen molar-refractivity contribution in [2.24, 2.45) is 5.73 Å². The van der Waals surface area contributed by atoms with Gasteiger partial charge in [-0.2, -0.15) is 0 Å². The van der Waals surface area contributed by atoms with Gasteiger partial charge < -0.3 is 22.7 Å². The highest BCUT2D eigenvalue weighted by Crippen LogP contribution is 2.67. The molecule has 0 spiro atoms. The molecule has 0 heterocycles. The summed E-state index contributed by atoms with van der Waals surface area (Å²) in [6.07, 6.45) is 0.288. The van der Waals surface area contributed by atoms with E-state index in [0.29, 0.717) is 0 Å². The highest BCUT2D eigenvalue weighted by Gasteiger charge is 2.53. The van der Waals surface area contributed by atoms with Crippen molar-refractivity contribution < 1.29 is 21.8 Å². The molecular weight excluding hydrogens is 465 g/mol. The molecular formula is C27H25BrNOP. The van der Waals surface area contributed by atoms with Crippen molar-refractivity contribution in [2.45, 2.75) is 12.1 Å². The maximum atomic E-state index is 12.4. The molecule has 1 amide bonds. The Hall–Kier alpha value is -2.74. The lowest BCUT2D eigenvalue weighted by Gasteiger charge is -2.34. The van der Waals surface area contributed by atoms with Crippen molar-refractivity contribution in [1.29, 1.82) is 0 Å².